The molecule has 4 nitrogen and oxygen atoms in total. The molecule has 0 aromatic carbocycles. The van der Waals surface area contributed by atoms with Crippen LogP contribution in [0.1, 0.15) is 22.5 Å². The van der Waals surface area contributed by atoms with Crippen LogP contribution in [0.15, 0.2) is 17.5 Å². The molecule has 0 atom stereocenters. The number of urea groups is 1. The second-order valence-electron chi connectivity index (χ2n) is 4.20. The Morgan fingerprint density at radius 3 is 2.88 bits per heavy atom. The largest absolute Gasteiger partial charge is 0.326 e. The predicted octanol–water partition coefficient (Wildman–Crippen LogP) is 2.08. The number of likely N-dealkylation sites (N-methyl/N-ethyl adjacent to an activating group) is 1. The quantitative estimate of drug-likeness (QED) is 0.753. The third-order valence-electron chi connectivity index (χ3n) is 2.93. The Hall–Kier alpha value is -1.36. The van der Waals surface area contributed by atoms with Crippen LogP contribution < -0.4 is 0 Å². The summed E-state index contributed by atoms with van der Waals surface area (Å²) in [6.07, 6.45) is 1.27. The highest BCUT2D eigenvalue weighted by molar-refractivity contribution is 7.12. The maximum Gasteiger partial charge on any atom is 0.319 e. The highest BCUT2D eigenvalue weighted by atomic mass is 32.1. The monoisotopic (exact) mass is 252 g/mol. The lowest BCUT2D eigenvalue weighted by Crippen LogP contribution is -2.30. The van der Waals surface area contributed by atoms with E-state index in [-0.39, 0.29) is 11.8 Å². The number of rotatable bonds is 5. The SMILES string of the molecule is CN1CCN(CCCC(=O)c2cccs2)C1=O. The molecule has 1 aromatic rings. The molecule has 0 radical (unpaired) electrons. The predicted molar refractivity (Wildman–Crippen MR) is 67.5 cm³/mol. The van der Waals surface area contributed by atoms with Gasteiger partial charge in [0.2, 0.25) is 0 Å². The summed E-state index contributed by atoms with van der Waals surface area (Å²) < 4.78 is 0. The standard InChI is InChI=1S/C12H16N2O2S/c1-13-7-8-14(12(13)16)6-2-4-10(15)11-5-3-9-17-11/h3,5,9H,2,4,6-8H2,1H3. The van der Waals surface area contributed by atoms with Crippen molar-refractivity contribution in [2.75, 3.05) is 26.7 Å². The summed E-state index contributed by atoms with van der Waals surface area (Å²) in [4.78, 5) is 27.6. The minimum absolute atomic E-state index is 0.0774. The fourth-order valence-corrected chi connectivity index (χ4v) is 2.60. The first-order chi connectivity index (χ1) is 8.18. The third kappa shape index (κ3) is 2.85. The number of ketones is 1. The number of hydrogen-bond acceptors (Lipinski definition) is 3. The van der Waals surface area contributed by atoms with Crippen molar-refractivity contribution < 1.29 is 9.59 Å². The molecule has 92 valence electrons. The number of carbonyl (C=O) groups excluding carboxylic acids is 2. The van der Waals surface area contributed by atoms with Gasteiger partial charge in [-0.1, -0.05) is 6.07 Å². The van der Waals surface area contributed by atoms with Crippen molar-refractivity contribution in [2.45, 2.75) is 12.8 Å². The molecule has 0 spiro atoms. The Morgan fingerprint density at radius 1 is 1.47 bits per heavy atom. The van der Waals surface area contributed by atoms with Crippen molar-refractivity contribution in [3.05, 3.63) is 22.4 Å². The molecule has 1 aromatic heterocycles. The smallest absolute Gasteiger partial charge is 0.319 e. The van der Waals surface area contributed by atoms with E-state index in [9.17, 15) is 9.59 Å². The summed E-state index contributed by atoms with van der Waals surface area (Å²) >= 11 is 1.48. The lowest BCUT2D eigenvalue weighted by Gasteiger charge is -2.15. The van der Waals surface area contributed by atoms with Gasteiger partial charge in [-0.2, -0.15) is 0 Å². The zero-order chi connectivity index (χ0) is 12.3. The van der Waals surface area contributed by atoms with E-state index in [1.165, 1.54) is 11.3 Å². The van der Waals surface area contributed by atoms with Gasteiger partial charge >= 0.3 is 6.03 Å². The van der Waals surface area contributed by atoms with Gasteiger partial charge in [0, 0.05) is 33.1 Å². The average Bonchev–Trinajstić information content (AvgIpc) is 2.93. The maximum absolute atomic E-state index is 11.7. The molecule has 0 bridgehead atoms. The van der Waals surface area contributed by atoms with E-state index in [2.05, 4.69) is 0 Å². The van der Waals surface area contributed by atoms with E-state index in [1.807, 2.05) is 22.4 Å². The summed E-state index contributed by atoms with van der Waals surface area (Å²) in [6.45, 7) is 2.25. The molecule has 5 heteroatoms. The van der Waals surface area contributed by atoms with Gasteiger partial charge in [-0.15, -0.1) is 11.3 Å². The summed E-state index contributed by atoms with van der Waals surface area (Å²) in [5, 5.41) is 1.91. The molecule has 2 rings (SSSR count). The Kier molecular flexibility index (Phi) is 3.78. The zero-order valence-electron chi connectivity index (χ0n) is 9.89. The van der Waals surface area contributed by atoms with E-state index in [0.29, 0.717) is 13.0 Å². The summed E-state index contributed by atoms with van der Waals surface area (Å²) in [6, 6.07) is 3.81. The van der Waals surface area contributed by atoms with Gasteiger partial charge in [0.15, 0.2) is 5.78 Å². The van der Waals surface area contributed by atoms with Gasteiger partial charge in [0.25, 0.3) is 0 Å². The fraction of sp³-hybridized carbons (Fsp3) is 0.500. The van der Waals surface area contributed by atoms with Crippen molar-refractivity contribution in [1.82, 2.24) is 9.80 Å². The number of amides is 2. The van der Waals surface area contributed by atoms with Crippen LogP contribution in [-0.2, 0) is 0 Å². The highest BCUT2D eigenvalue weighted by Crippen LogP contribution is 2.13. The Bertz CT molecular complexity index is 403. The van der Waals surface area contributed by atoms with E-state index in [0.717, 1.165) is 24.4 Å². The van der Waals surface area contributed by atoms with Crippen LogP contribution in [0.4, 0.5) is 4.79 Å². The van der Waals surface area contributed by atoms with E-state index >= 15 is 0 Å². The molecular weight excluding hydrogens is 236 g/mol. The zero-order valence-corrected chi connectivity index (χ0v) is 10.7. The van der Waals surface area contributed by atoms with E-state index < -0.39 is 0 Å². The minimum Gasteiger partial charge on any atom is -0.326 e. The third-order valence-corrected chi connectivity index (χ3v) is 3.84. The minimum atomic E-state index is 0.0774. The summed E-state index contributed by atoms with van der Waals surface area (Å²) in [5.41, 5.74) is 0. The second kappa shape index (κ2) is 5.31. The molecule has 0 N–H and O–H groups in total. The first kappa shape index (κ1) is 12.1. The summed E-state index contributed by atoms with van der Waals surface area (Å²) in [7, 11) is 1.80. The van der Waals surface area contributed by atoms with Crippen molar-refractivity contribution >= 4 is 23.2 Å². The molecule has 0 unspecified atom stereocenters. The van der Waals surface area contributed by atoms with E-state index in [4.69, 9.17) is 0 Å². The Balaban J connectivity index is 1.73. The number of nitrogens with zero attached hydrogens (tertiary/aromatic N) is 2. The lowest BCUT2D eigenvalue weighted by molar-refractivity contribution is 0.0980. The second-order valence-corrected chi connectivity index (χ2v) is 5.14. The lowest BCUT2D eigenvalue weighted by atomic mass is 10.2. The van der Waals surface area contributed by atoms with Crippen LogP contribution in [-0.4, -0.2) is 48.3 Å². The molecule has 1 saturated heterocycles. The molecule has 1 fully saturated rings. The van der Waals surface area contributed by atoms with Crippen LogP contribution >= 0.6 is 11.3 Å². The van der Waals surface area contributed by atoms with Gasteiger partial charge in [-0.05, 0) is 17.9 Å². The molecule has 2 amide bonds. The first-order valence-corrected chi connectivity index (χ1v) is 6.63. The molecule has 1 aliphatic rings. The topological polar surface area (TPSA) is 40.6 Å². The van der Waals surface area contributed by atoms with E-state index in [1.54, 1.807) is 11.9 Å². The highest BCUT2D eigenvalue weighted by Gasteiger charge is 2.24. The molecule has 2 heterocycles. The summed E-state index contributed by atoms with van der Waals surface area (Å²) in [5.74, 6) is 0.181. The Morgan fingerprint density at radius 2 is 2.29 bits per heavy atom. The maximum atomic E-state index is 11.7. The Labute approximate surface area is 105 Å². The number of thiophene rings is 1. The average molecular weight is 252 g/mol. The van der Waals surface area contributed by atoms with Gasteiger partial charge in [-0.25, -0.2) is 4.79 Å². The van der Waals surface area contributed by atoms with Crippen LogP contribution in [0.25, 0.3) is 0 Å². The first-order valence-electron chi connectivity index (χ1n) is 5.75. The molecular formula is C12H16N2O2S. The fourth-order valence-electron chi connectivity index (χ4n) is 1.90. The van der Waals surface area contributed by atoms with Crippen LogP contribution in [0.2, 0.25) is 0 Å². The number of Topliss-reactive ketones (excluding diaryl/α,β-unsaturated/α-hetero) is 1. The molecule has 17 heavy (non-hydrogen) atoms. The van der Waals surface area contributed by atoms with Crippen LogP contribution in [0, 0.1) is 0 Å². The number of hydrogen-bond donors (Lipinski definition) is 0. The van der Waals surface area contributed by atoms with Crippen molar-refractivity contribution in [3.63, 3.8) is 0 Å². The van der Waals surface area contributed by atoms with Gasteiger partial charge in [0.1, 0.15) is 0 Å². The van der Waals surface area contributed by atoms with Crippen molar-refractivity contribution in [2.24, 2.45) is 0 Å². The van der Waals surface area contributed by atoms with Gasteiger partial charge < -0.3 is 9.80 Å². The van der Waals surface area contributed by atoms with Crippen molar-refractivity contribution in [1.29, 1.82) is 0 Å². The van der Waals surface area contributed by atoms with Crippen LogP contribution in [0.5, 0.6) is 0 Å². The normalized spacial score (nSPS) is 15.7. The molecule has 0 saturated carbocycles. The molecule has 0 aliphatic carbocycles. The van der Waals surface area contributed by atoms with Gasteiger partial charge in [0.05, 0.1) is 4.88 Å². The van der Waals surface area contributed by atoms with Crippen LogP contribution in [0.3, 0.4) is 0 Å². The molecule has 1 aliphatic heterocycles. The van der Waals surface area contributed by atoms with Gasteiger partial charge in [-0.3, -0.25) is 4.79 Å². The van der Waals surface area contributed by atoms with Crippen molar-refractivity contribution in [3.8, 4) is 0 Å². The number of carbonyl (C=O) groups is 2.